The number of nitrogens with two attached hydrogens (primary N) is 1. The third kappa shape index (κ3) is 4.68. The fourth-order valence-electron chi connectivity index (χ4n) is 1.18. The van der Waals surface area contributed by atoms with Gasteiger partial charge < -0.3 is 4.74 Å². The Morgan fingerprint density at radius 2 is 2.05 bits per heavy atom. The SMILES string of the molecule is COC(=O)c1sc(Cl)cc1S(=O)(=O)NCCS(N)(=O)=O. The highest BCUT2D eigenvalue weighted by atomic mass is 35.5. The number of esters is 1. The van der Waals surface area contributed by atoms with Gasteiger partial charge in [0.15, 0.2) is 0 Å². The molecule has 12 heteroatoms. The van der Waals surface area contributed by atoms with Crippen LogP contribution in [-0.4, -0.2) is 42.2 Å². The zero-order valence-corrected chi connectivity index (χ0v) is 13.3. The van der Waals surface area contributed by atoms with Gasteiger partial charge in [-0.2, -0.15) is 0 Å². The molecule has 0 bridgehead atoms. The second kappa shape index (κ2) is 6.37. The van der Waals surface area contributed by atoms with Gasteiger partial charge in [-0.1, -0.05) is 11.6 Å². The molecule has 3 N–H and O–H groups in total. The Labute approximate surface area is 125 Å². The Bertz CT molecular complexity index is 709. The van der Waals surface area contributed by atoms with Gasteiger partial charge in [0, 0.05) is 6.54 Å². The van der Waals surface area contributed by atoms with E-state index in [1.165, 1.54) is 0 Å². The van der Waals surface area contributed by atoms with Gasteiger partial charge in [-0.3, -0.25) is 0 Å². The van der Waals surface area contributed by atoms with E-state index in [0.29, 0.717) is 0 Å². The molecular formula is C8H11ClN2O6S3. The van der Waals surface area contributed by atoms with E-state index in [1.807, 2.05) is 4.72 Å². The van der Waals surface area contributed by atoms with Crippen LogP contribution in [0.5, 0.6) is 0 Å². The van der Waals surface area contributed by atoms with Crippen LogP contribution < -0.4 is 9.86 Å². The second-order valence-electron chi connectivity index (χ2n) is 3.50. The fraction of sp³-hybridized carbons (Fsp3) is 0.375. The number of rotatable bonds is 6. The highest BCUT2D eigenvalue weighted by Crippen LogP contribution is 2.30. The number of nitrogens with one attached hydrogen (secondary N) is 1. The topological polar surface area (TPSA) is 133 Å². The molecule has 0 saturated heterocycles. The van der Waals surface area contributed by atoms with E-state index in [0.717, 1.165) is 24.5 Å². The van der Waals surface area contributed by atoms with E-state index >= 15 is 0 Å². The van der Waals surface area contributed by atoms with Gasteiger partial charge in [-0.25, -0.2) is 31.5 Å². The fourth-order valence-corrected chi connectivity index (χ4v) is 4.45. The van der Waals surface area contributed by atoms with Crippen molar-refractivity contribution in [3.05, 3.63) is 15.3 Å². The number of halogens is 1. The highest BCUT2D eigenvalue weighted by Gasteiger charge is 2.26. The van der Waals surface area contributed by atoms with Crippen molar-refractivity contribution in [3.63, 3.8) is 0 Å². The van der Waals surface area contributed by atoms with Crippen LogP contribution in [0.2, 0.25) is 4.34 Å². The van der Waals surface area contributed by atoms with Crippen LogP contribution in [0.4, 0.5) is 0 Å². The van der Waals surface area contributed by atoms with Gasteiger partial charge in [0.1, 0.15) is 9.77 Å². The van der Waals surface area contributed by atoms with Crippen molar-refractivity contribution in [1.82, 2.24) is 4.72 Å². The smallest absolute Gasteiger partial charge is 0.349 e. The molecule has 0 saturated carbocycles. The maximum absolute atomic E-state index is 12.0. The molecule has 1 aromatic rings. The molecule has 114 valence electrons. The lowest BCUT2D eigenvalue weighted by molar-refractivity contribution is 0.0602. The summed E-state index contributed by atoms with van der Waals surface area (Å²) in [6.07, 6.45) is 0. The van der Waals surface area contributed by atoms with Gasteiger partial charge in [0.05, 0.1) is 17.2 Å². The molecule has 1 heterocycles. The number of primary sulfonamides is 1. The van der Waals surface area contributed by atoms with Crippen molar-refractivity contribution in [2.75, 3.05) is 19.4 Å². The molecule has 0 fully saturated rings. The number of carbonyl (C=O) groups excluding carboxylic acids is 1. The molecule has 1 aromatic heterocycles. The first-order valence-corrected chi connectivity index (χ1v) is 9.34. The van der Waals surface area contributed by atoms with Gasteiger partial charge in [0.25, 0.3) is 0 Å². The van der Waals surface area contributed by atoms with E-state index in [1.54, 1.807) is 0 Å². The Hall–Kier alpha value is -0.720. The summed E-state index contributed by atoms with van der Waals surface area (Å²) >= 11 is 6.42. The average Bonchev–Trinajstić information content (AvgIpc) is 2.69. The molecule has 0 radical (unpaired) electrons. The standard InChI is InChI=1S/C8H11ClN2O6S3/c1-17-8(12)7-5(4-6(9)18-7)20(15,16)11-2-3-19(10,13)14/h4,11H,2-3H2,1H3,(H2,10,13,14). The lowest BCUT2D eigenvalue weighted by atomic mass is 10.5. The minimum Gasteiger partial charge on any atom is -0.465 e. The first kappa shape index (κ1) is 17.3. The van der Waals surface area contributed by atoms with Gasteiger partial charge in [-0.05, 0) is 6.07 Å². The van der Waals surface area contributed by atoms with Crippen LogP contribution in [0.1, 0.15) is 9.67 Å². The molecule has 20 heavy (non-hydrogen) atoms. The summed E-state index contributed by atoms with van der Waals surface area (Å²) in [5.41, 5.74) is 0. The predicted octanol–water partition coefficient (Wildman–Crippen LogP) is -0.245. The molecule has 1 rings (SSSR count). The third-order valence-electron chi connectivity index (χ3n) is 2.01. The number of sulfonamides is 2. The summed E-state index contributed by atoms with van der Waals surface area (Å²) in [6, 6.07) is 1.08. The molecule has 0 aliphatic carbocycles. The van der Waals surface area contributed by atoms with Gasteiger partial charge in [0.2, 0.25) is 20.0 Å². The minimum absolute atomic E-state index is 0.0808. The Morgan fingerprint density at radius 3 is 2.55 bits per heavy atom. The van der Waals surface area contributed by atoms with Crippen LogP contribution >= 0.6 is 22.9 Å². The third-order valence-corrected chi connectivity index (χ3v) is 5.64. The molecule has 0 aliphatic rings. The number of hydrogen-bond donors (Lipinski definition) is 2. The first-order chi connectivity index (χ1) is 9.07. The second-order valence-corrected chi connectivity index (χ2v) is 8.65. The lowest BCUT2D eigenvalue weighted by Crippen LogP contribution is -2.32. The van der Waals surface area contributed by atoms with Crippen LogP contribution in [0.15, 0.2) is 11.0 Å². The van der Waals surface area contributed by atoms with E-state index in [-0.39, 0.29) is 14.1 Å². The summed E-state index contributed by atoms with van der Waals surface area (Å²) in [5.74, 6) is -1.42. The van der Waals surface area contributed by atoms with Crippen molar-refractivity contribution in [2.24, 2.45) is 5.14 Å². The number of thiophene rings is 1. The summed E-state index contributed by atoms with van der Waals surface area (Å²) in [5, 5.41) is 4.75. The number of hydrogen-bond acceptors (Lipinski definition) is 7. The van der Waals surface area contributed by atoms with Crippen LogP contribution in [0.3, 0.4) is 0 Å². The molecule has 0 spiro atoms. The van der Waals surface area contributed by atoms with Crippen molar-refractivity contribution in [3.8, 4) is 0 Å². The lowest BCUT2D eigenvalue weighted by Gasteiger charge is -2.06. The average molecular weight is 363 g/mol. The maximum atomic E-state index is 12.0. The van der Waals surface area contributed by atoms with Gasteiger partial charge >= 0.3 is 5.97 Å². The highest BCUT2D eigenvalue weighted by molar-refractivity contribution is 7.90. The molecule has 0 unspecified atom stereocenters. The number of ether oxygens (including phenoxy) is 1. The Morgan fingerprint density at radius 1 is 1.45 bits per heavy atom. The summed E-state index contributed by atoms with van der Waals surface area (Å²) in [4.78, 5) is 10.9. The van der Waals surface area contributed by atoms with E-state index < -0.39 is 38.3 Å². The Kier molecular flexibility index (Phi) is 5.52. The largest absolute Gasteiger partial charge is 0.465 e. The van der Waals surface area contributed by atoms with E-state index in [9.17, 15) is 21.6 Å². The molecule has 0 aliphatic heterocycles. The molecule has 0 atom stereocenters. The normalized spacial score (nSPS) is 12.3. The monoisotopic (exact) mass is 362 g/mol. The van der Waals surface area contributed by atoms with Crippen molar-refractivity contribution in [2.45, 2.75) is 4.90 Å². The van der Waals surface area contributed by atoms with Crippen LogP contribution in [0.25, 0.3) is 0 Å². The van der Waals surface area contributed by atoms with E-state index in [2.05, 4.69) is 4.74 Å². The van der Waals surface area contributed by atoms with Crippen LogP contribution in [0, 0.1) is 0 Å². The van der Waals surface area contributed by atoms with E-state index in [4.69, 9.17) is 16.7 Å². The van der Waals surface area contributed by atoms with Crippen molar-refractivity contribution >= 4 is 49.0 Å². The van der Waals surface area contributed by atoms with Crippen molar-refractivity contribution in [1.29, 1.82) is 0 Å². The molecule has 0 amide bonds. The first-order valence-electron chi connectivity index (χ1n) is 4.94. The quantitative estimate of drug-likeness (QED) is 0.671. The van der Waals surface area contributed by atoms with Crippen molar-refractivity contribution < 1.29 is 26.4 Å². The predicted molar refractivity (Wildman–Crippen MR) is 73.8 cm³/mol. The van der Waals surface area contributed by atoms with Crippen LogP contribution in [-0.2, 0) is 24.8 Å². The summed E-state index contributed by atoms with van der Waals surface area (Å²) in [6.45, 7) is -0.421. The zero-order valence-electron chi connectivity index (χ0n) is 10.1. The zero-order chi connectivity index (χ0) is 15.6. The maximum Gasteiger partial charge on any atom is 0.349 e. The number of carbonyl (C=O) groups is 1. The molecule has 8 nitrogen and oxygen atoms in total. The Balaban J connectivity index is 3.01. The molecule has 0 aromatic carbocycles. The number of methoxy groups -OCH3 is 1. The minimum atomic E-state index is -4.09. The molecular weight excluding hydrogens is 352 g/mol. The van der Waals surface area contributed by atoms with Gasteiger partial charge in [-0.15, -0.1) is 11.3 Å². The summed E-state index contributed by atoms with van der Waals surface area (Å²) in [7, 11) is -6.79. The summed E-state index contributed by atoms with van der Waals surface area (Å²) < 4.78 is 51.9.